The molecule has 2 heterocycles. The van der Waals surface area contributed by atoms with Crippen molar-refractivity contribution >= 4 is 5.65 Å². The zero-order valence-electron chi connectivity index (χ0n) is 7.10. The first kappa shape index (κ1) is 7.21. The van der Waals surface area contributed by atoms with Crippen LogP contribution in [0.2, 0.25) is 0 Å². The van der Waals surface area contributed by atoms with Crippen molar-refractivity contribution in [2.75, 3.05) is 0 Å². The lowest BCUT2D eigenvalue weighted by Gasteiger charge is -2.03. The summed E-state index contributed by atoms with van der Waals surface area (Å²) in [5, 5.41) is 11.2. The van der Waals surface area contributed by atoms with E-state index in [1.165, 1.54) is 5.56 Å². The summed E-state index contributed by atoms with van der Waals surface area (Å²) in [6.07, 6.45) is 1.96. The van der Waals surface area contributed by atoms with Crippen molar-refractivity contribution in [1.29, 1.82) is 0 Å². The van der Waals surface area contributed by atoms with Crippen LogP contribution in [0.5, 0.6) is 0 Å². The third-order valence-electron chi connectivity index (χ3n) is 1.88. The molecule has 0 saturated carbocycles. The van der Waals surface area contributed by atoms with E-state index in [9.17, 15) is 0 Å². The Kier molecular flexibility index (Phi) is 1.53. The van der Waals surface area contributed by atoms with Crippen molar-refractivity contribution in [1.82, 2.24) is 20.0 Å². The number of pyridine rings is 1. The van der Waals surface area contributed by atoms with Gasteiger partial charge in [0.25, 0.3) is 0 Å². The molecule has 0 N–H and O–H groups in total. The Labute approximate surface area is 70.2 Å². The number of fused-ring (bicyclic) bond motifs is 1. The van der Waals surface area contributed by atoms with Crippen LogP contribution in [-0.4, -0.2) is 20.0 Å². The normalized spacial score (nSPS) is 11.2. The number of aromatic nitrogens is 4. The van der Waals surface area contributed by atoms with Crippen molar-refractivity contribution in [3.63, 3.8) is 0 Å². The summed E-state index contributed by atoms with van der Waals surface area (Å²) in [5.74, 6) is 0.513. The Balaban J connectivity index is 2.60. The van der Waals surface area contributed by atoms with Gasteiger partial charge >= 0.3 is 0 Å². The molecule has 0 aliphatic heterocycles. The third kappa shape index (κ3) is 1.05. The lowest BCUT2D eigenvalue weighted by atomic mass is 10.1. The van der Waals surface area contributed by atoms with E-state index in [0.29, 0.717) is 5.92 Å². The molecule has 0 spiro atoms. The third-order valence-corrected chi connectivity index (χ3v) is 1.88. The molecule has 0 fully saturated rings. The average Bonchev–Trinajstić information content (AvgIpc) is 2.49. The summed E-state index contributed by atoms with van der Waals surface area (Å²) in [6.45, 7) is 4.29. The molecule has 0 aliphatic carbocycles. The van der Waals surface area contributed by atoms with Crippen LogP contribution >= 0.6 is 0 Å². The van der Waals surface area contributed by atoms with Gasteiger partial charge in [0.15, 0.2) is 5.65 Å². The molecule has 2 aromatic rings. The minimum Gasteiger partial charge on any atom is -0.200 e. The number of nitrogens with zero attached hydrogens (tertiary/aromatic N) is 4. The molecule has 0 aromatic carbocycles. The van der Waals surface area contributed by atoms with E-state index in [4.69, 9.17) is 0 Å². The van der Waals surface area contributed by atoms with Gasteiger partial charge in [0.2, 0.25) is 0 Å². The van der Waals surface area contributed by atoms with Crippen LogP contribution in [0.25, 0.3) is 5.65 Å². The van der Waals surface area contributed by atoms with E-state index in [0.717, 1.165) is 5.65 Å². The Morgan fingerprint density at radius 1 is 1.33 bits per heavy atom. The molecular formula is C8H10N4. The molecule has 62 valence electrons. The zero-order chi connectivity index (χ0) is 8.55. The smallest absolute Gasteiger partial charge is 0.179 e. The molecule has 2 aromatic heterocycles. The molecule has 0 aliphatic rings. The maximum Gasteiger partial charge on any atom is 0.179 e. The molecule has 2 rings (SSSR count). The maximum absolute atomic E-state index is 3.82. The molecule has 0 saturated heterocycles. The van der Waals surface area contributed by atoms with Gasteiger partial charge in [-0.05, 0) is 28.0 Å². The zero-order valence-corrected chi connectivity index (χ0v) is 7.10. The topological polar surface area (TPSA) is 43.1 Å². The highest BCUT2D eigenvalue weighted by atomic mass is 15.5. The van der Waals surface area contributed by atoms with Gasteiger partial charge in [0.05, 0.1) is 0 Å². The summed E-state index contributed by atoms with van der Waals surface area (Å²) in [5.41, 5.74) is 2.04. The largest absolute Gasteiger partial charge is 0.200 e. The molecule has 0 bridgehead atoms. The maximum atomic E-state index is 3.82. The van der Waals surface area contributed by atoms with Gasteiger partial charge in [0, 0.05) is 6.20 Å². The highest BCUT2D eigenvalue weighted by Crippen LogP contribution is 2.13. The number of tetrazole rings is 1. The Morgan fingerprint density at radius 3 is 2.92 bits per heavy atom. The van der Waals surface area contributed by atoms with Gasteiger partial charge in [-0.25, -0.2) is 4.52 Å². The first-order valence-corrected chi connectivity index (χ1v) is 3.95. The number of rotatable bonds is 1. The summed E-state index contributed by atoms with van der Waals surface area (Å²) in [7, 11) is 0. The van der Waals surface area contributed by atoms with E-state index in [2.05, 4.69) is 35.4 Å². The van der Waals surface area contributed by atoms with Gasteiger partial charge in [0.1, 0.15) is 0 Å². The van der Waals surface area contributed by atoms with Crippen LogP contribution in [-0.2, 0) is 0 Å². The molecule has 0 unspecified atom stereocenters. The summed E-state index contributed by atoms with van der Waals surface area (Å²) >= 11 is 0. The van der Waals surface area contributed by atoms with Gasteiger partial charge in [-0.3, -0.25) is 0 Å². The Bertz CT molecular complexity index is 391. The van der Waals surface area contributed by atoms with Gasteiger partial charge in [-0.1, -0.05) is 19.9 Å². The molecule has 4 heteroatoms. The minimum absolute atomic E-state index is 0.513. The Morgan fingerprint density at radius 2 is 2.17 bits per heavy atom. The van der Waals surface area contributed by atoms with Crippen molar-refractivity contribution < 1.29 is 0 Å². The second kappa shape index (κ2) is 2.55. The predicted octanol–water partition coefficient (Wildman–Crippen LogP) is 1.25. The SMILES string of the molecule is CC(C)c1ccc2nnnn2c1. The van der Waals surface area contributed by atoms with Gasteiger partial charge in [-0.15, -0.1) is 5.10 Å². The lowest BCUT2D eigenvalue weighted by molar-refractivity contribution is 0.795. The number of hydrogen-bond donors (Lipinski definition) is 0. The van der Waals surface area contributed by atoms with Crippen LogP contribution in [0.1, 0.15) is 25.3 Å². The van der Waals surface area contributed by atoms with Crippen LogP contribution in [0.15, 0.2) is 18.3 Å². The lowest BCUT2D eigenvalue weighted by Crippen LogP contribution is -1.93. The summed E-state index contributed by atoms with van der Waals surface area (Å²) in [4.78, 5) is 0. The molecule has 0 atom stereocenters. The van der Waals surface area contributed by atoms with Crippen molar-refractivity contribution in [2.45, 2.75) is 19.8 Å². The predicted molar refractivity (Wildman–Crippen MR) is 44.9 cm³/mol. The first-order valence-electron chi connectivity index (χ1n) is 3.95. The van der Waals surface area contributed by atoms with Gasteiger partial charge in [-0.2, -0.15) is 0 Å². The average molecular weight is 162 g/mol. The van der Waals surface area contributed by atoms with Crippen LogP contribution in [0.4, 0.5) is 0 Å². The van der Waals surface area contributed by atoms with E-state index in [-0.39, 0.29) is 0 Å². The summed E-state index contributed by atoms with van der Waals surface area (Å²) < 4.78 is 1.69. The van der Waals surface area contributed by atoms with E-state index in [1.54, 1.807) is 4.52 Å². The van der Waals surface area contributed by atoms with Crippen molar-refractivity contribution in [3.8, 4) is 0 Å². The minimum atomic E-state index is 0.513. The molecule has 4 nitrogen and oxygen atoms in total. The van der Waals surface area contributed by atoms with Crippen molar-refractivity contribution in [2.24, 2.45) is 0 Å². The van der Waals surface area contributed by atoms with Crippen LogP contribution in [0, 0.1) is 0 Å². The fourth-order valence-corrected chi connectivity index (χ4v) is 1.10. The number of hydrogen-bond acceptors (Lipinski definition) is 3. The molecule has 12 heavy (non-hydrogen) atoms. The highest BCUT2D eigenvalue weighted by molar-refractivity contribution is 5.36. The second-order valence-electron chi connectivity index (χ2n) is 3.10. The summed E-state index contributed by atoms with van der Waals surface area (Å²) in [6, 6.07) is 3.98. The van der Waals surface area contributed by atoms with E-state index >= 15 is 0 Å². The van der Waals surface area contributed by atoms with E-state index in [1.807, 2.05) is 12.3 Å². The fourth-order valence-electron chi connectivity index (χ4n) is 1.10. The van der Waals surface area contributed by atoms with Crippen LogP contribution in [0.3, 0.4) is 0 Å². The molecular weight excluding hydrogens is 152 g/mol. The molecule has 0 amide bonds. The fraction of sp³-hybridized carbons (Fsp3) is 0.375. The standard InChI is InChI=1S/C8H10N4/c1-6(2)7-3-4-8-9-10-11-12(8)5-7/h3-6H,1-2H3. The van der Waals surface area contributed by atoms with E-state index < -0.39 is 0 Å². The monoisotopic (exact) mass is 162 g/mol. The highest BCUT2D eigenvalue weighted by Gasteiger charge is 2.01. The Hall–Kier alpha value is -1.45. The second-order valence-corrected chi connectivity index (χ2v) is 3.10. The quantitative estimate of drug-likeness (QED) is 0.633. The first-order chi connectivity index (χ1) is 5.77. The van der Waals surface area contributed by atoms with Crippen LogP contribution < -0.4 is 0 Å². The van der Waals surface area contributed by atoms with Gasteiger partial charge < -0.3 is 0 Å². The van der Waals surface area contributed by atoms with Crippen molar-refractivity contribution in [3.05, 3.63) is 23.9 Å². The molecule has 0 radical (unpaired) electrons.